The van der Waals surface area contributed by atoms with Crippen molar-refractivity contribution in [1.82, 2.24) is 9.59 Å². The van der Waals surface area contributed by atoms with E-state index in [1.54, 1.807) is 0 Å². The van der Waals surface area contributed by atoms with Crippen molar-refractivity contribution in [3.8, 4) is 0 Å². The minimum absolute atomic E-state index is 0.283. The average Bonchev–Trinajstić information content (AvgIpc) is 2.48. The molecule has 1 N–H and O–H groups in total. The standard InChI is InChI=1S/C8H14N2OS/c1-4-5(2)7(11)8-6(3)9-10-12-8/h5,7,11H,4H2,1-3H3. The van der Waals surface area contributed by atoms with E-state index in [1.165, 1.54) is 11.5 Å². The Morgan fingerprint density at radius 1 is 1.58 bits per heavy atom. The van der Waals surface area contributed by atoms with Crippen LogP contribution in [0, 0.1) is 12.8 Å². The molecule has 2 unspecified atom stereocenters. The molecule has 0 aliphatic carbocycles. The lowest BCUT2D eigenvalue weighted by Gasteiger charge is -2.14. The van der Waals surface area contributed by atoms with Crippen LogP contribution in [0.4, 0.5) is 0 Å². The number of aliphatic hydroxyl groups is 1. The Morgan fingerprint density at radius 2 is 2.25 bits per heavy atom. The lowest BCUT2D eigenvalue weighted by Crippen LogP contribution is -2.07. The highest BCUT2D eigenvalue weighted by molar-refractivity contribution is 7.05. The zero-order valence-corrected chi connectivity index (χ0v) is 8.43. The SMILES string of the molecule is CCC(C)C(O)c1snnc1C. The van der Waals surface area contributed by atoms with Gasteiger partial charge in [0.05, 0.1) is 16.7 Å². The van der Waals surface area contributed by atoms with Crippen molar-refractivity contribution >= 4 is 11.5 Å². The second-order valence-electron chi connectivity index (χ2n) is 3.05. The molecule has 0 aliphatic heterocycles. The summed E-state index contributed by atoms with van der Waals surface area (Å²) in [5, 5.41) is 13.7. The third kappa shape index (κ3) is 1.81. The number of nitrogens with zero attached hydrogens (tertiary/aromatic N) is 2. The first kappa shape index (κ1) is 9.61. The van der Waals surface area contributed by atoms with Gasteiger partial charge in [0.1, 0.15) is 0 Å². The van der Waals surface area contributed by atoms with Gasteiger partial charge in [-0.15, -0.1) is 5.10 Å². The first-order valence-electron chi connectivity index (χ1n) is 4.13. The largest absolute Gasteiger partial charge is 0.387 e. The first-order valence-corrected chi connectivity index (χ1v) is 4.91. The molecule has 0 aromatic carbocycles. The average molecular weight is 186 g/mol. The van der Waals surface area contributed by atoms with Crippen molar-refractivity contribution in [2.75, 3.05) is 0 Å². The Balaban J connectivity index is 2.77. The minimum Gasteiger partial charge on any atom is -0.387 e. The molecule has 0 radical (unpaired) electrons. The fraction of sp³-hybridized carbons (Fsp3) is 0.750. The highest BCUT2D eigenvalue weighted by atomic mass is 32.1. The van der Waals surface area contributed by atoms with Gasteiger partial charge in [-0.2, -0.15) is 0 Å². The molecule has 1 rings (SSSR count). The van der Waals surface area contributed by atoms with Gasteiger partial charge in [0.2, 0.25) is 0 Å². The van der Waals surface area contributed by atoms with Crippen LogP contribution >= 0.6 is 11.5 Å². The molecule has 1 aromatic heterocycles. The van der Waals surface area contributed by atoms with Crippen LogP contribution in [0.15, 0.2) is 0 Å². The monoisotopic (exact) mass is 186 g/mol. The molecule has 68 valence electrons. The van der Waals surface area contributed by atoms with Crippen LogP contribution in [0.2, 0.25) is 0 Å². The summed E-state index contributed by atoms with van der Waals surface area (Å²) in [6.45, 7) is 5.98. The van der Waals surface area contributed by atoms with E-state index < -0.39 is 6.10 Å². The third-order valence-corrected chi connectivity index (χ3v) is 3.04. The highest BCUT2D eigenvalue weighted by Crippen LogP contribution is 2.27. The van der Waals surface area contributed by atoms with Crippen LogP contribution in [0.3, 0.4) is 0 Å². The lowest BCUT2D eigenvalue weighted by atomic mass is 10.0. The maximum Gasteiger partial charge on any atom is 0.0942 e. The predicted octanol–water partition coefficient (Wildman–Crippen LogP) is 1.93. The Kier molecular flexibility index (Phi) is 3.17. The van der Waals surface area contributed by atoms with E-state index in [4.69, 9.17) is 0 Å². The summed E-state index contributed by atoms with van der Waals surface area (Å²) in [5.74, 6) is 0.283. The van der Waals surface area contributed by atoms with Gasteiger partial charge >= 0.3 is 0 Å². The molecule has 0 spiro atoms. The van der Waals surface area contributed by atoms with Crippen molar-refractivity contribution < 1.29 is 5.11 Å². The van der Waals surface area contributed by atoms with Gasteiger partial charge in [-0.05, 0) is 24.4 Å². The smallest absolute Gasteiger partial charge is 0.0942 e. The number of aliphatic hydroxyl groups excluding tert-OH is 1. The molecule has 0 fully saturated rings. The quantitative estimate of drug-likeness (QED) is 0.784. The number of hydrogen-bond donors (Lipinski definition) is 1. The summed E-state index contributed by atoms with van der Waals surface area (Å²) >= 11 is 1.29. The second-order valence-corrected chi connectivity index (χ2v) is 3.84. The van der Waals surface area contributed by atoms with Gasteiger partial charge in [0, 0.05) is 0 Å². The maximum absolute atomic E-state index is 9.79. The highest BCUT2D eigenvalue weighted by Gasteiger charge is 2.19. The molecule has 1 heterocycles. The zero-order valence-electron chi connectivity index (χ0n) is 7.61. The number of rotatable bonds is 3. The fourth-order valence-electron chi connectivity index (χ4n) is 0.991. The number of aryl methyl sites for hydroxylation is 1. The Hall–Kier alpha value is -0.480. The molecule has 12 heavy (non-hydrogen) atoms. The Morgan fingerprint density at radius 3 is 2.67 bits per heavy atom. The fourth-order valence-corrected chi connectivity index (χ4v) is 1.76. The third-order valence-electron chi connectivity index (χ3n) is 2.14. The van der Waals surface area contributed by atoms with E-state index in [9.17, 15) is 5.11 Å². The van der Waals surface area contributed by atoms with Crippen LogP contribution in [0.25, 0.3) is 0 Å². The van der Waals surface area contributed by atoms with Gasteiger partial charge in [-0.3, -0.25) is 0 Å². The summed E-state index contributed by atoms with van der Waals surface area (Å²) in [5.41, 5.74) is 0.854. The zero-order chi connectivity index (χ0) is 9.14. The molecule has 3 nitrogen and oxygen atoms in total. The van der Waals surface area contributed by atoms with Crippen LogP contribution in [-0.4, -0.2) is 14.7 Å². The molecule has 1 aromatic rings. The number of hydrogen-bond acceptors (Lipinski definition) is 4. The van der Waals surface area contributed by atoms with E-state index in [1.807, 2.05) is 13.8 Å². The second kappa shape index (κ2) is 3.96. The van der Waals surface area contributed by atoms with Crippen LogP contribution in [-0.2, 0) is 0 Å². The summed E-state index contributed by atoms with van der Waals surface area (Å²) in [4.78, 5) is 0.907. The summed E-state index contributed by atoms with van der Waals surface area (Å²) in [6, 6.07) is 0. The summed E-state index contributed by atoms with van der Waals surface area (Å²) in [6.07, 6.45) is 0.577. The van der Waals surface area contributed by atoms with Crippen molar-refractivity contribution in [2.24, 2.45) is 5.92 Å². The number of aromatic nitrogens is 2. The van der Waals surface area contributed by atoms with Crippen molar-refractivity contribution in [3.05, 3.63) is 10.6 Å². The van der Waals surface area contributed by atoms with Crippen molar-refractivity contribution in [3.63, 3.8) is 0 Å². The summed E-state index contributed by atoms with van der Waals surface area (Å²) < 4.78 is 3.79. The van der Waals surface area contributed by atoms with Crippen LogP contribution in [0.1, 0.15) is 36.9 Å². The van der Waals surface area contributed by atoms with Gasteiger partial charge in [0.15, 0.2) is 0 Å². The molecular weight excluding hydrogens is 172 g/mol. The van der Waals surface area contributed by atoms with Crippen molar-refractivity contribution in [2.45, 2.75) is 33.3 Å². The van der Waals surface area contributed by atoms with E-state index in [2.05, 4.69) is 16.5 Å². The Labute approximate surface area is 76.6 Å². The van der Waals surface area contributed by atoms with Crippen LogP contribution in [0.5, 0.6) is 0 Å². The summed E-state index contributed by atoms with van der Waals surface area (Å²) in [7, 11) is 0. The molecule has 0 saturated carbocycles. The predicted molar refractivity (Wildman–Crippen MR) is 49.1 cm³/mol. The van der Waals surface area contributed by atoms with Gasteiger partial charge < -0.3 is 5.11 Å². The van der Waals surface area contributed by atoms with Gasteiger partial charge in [0.25, 0.3) is 0 Å². The van der Waals surface area contributed by atoms with Gasteiger partial charge in [-0.25, -0.2) is 0 Å². The molecule has 0 bridgehead atoms. The van der Waals surface area contributed by atoms with E-state index in [0.29, 0.717) is 0 Å². The topological polar surface area (TPSA) is 46.0 Å². The normalized spacial score (nSPS) is 16.0. The maximum atomic E-state index is 9.79. The molecular formula is C8H14N2OS. The molecule has 0 amide bonds. The molecule has 0 aliphatic rings. The Bertz CT molecular complexity index is 249. The van der Waals surface area contributed by atoms with Gasteiger partial charge in [-0.1, -0.05) is 24.8 Å². The van der Waals surface area contributed by atoms with E-state index >= 15 is 0 Å². The van der Waals surface area contributed by atoms with E-state index in [0.717, 1.165) is 17.0 Å². The van der Waals surface area contributed by atoms with Crippen LogP contribution < -0.4 is 0 Å². The lowest BCUT2D eigenvalue weighted by molar-refractivity contribution is 0.118. The molecule has 2 atom stereocenters. The minimum atomic E-state index is -0.394. The van der Waals surface area contributed by atoms with Crippen molar-refractivity contribution in [1.29, 1.82) is 0 Å². The molecule has 4 heteroatoms. The molecule has 0 saturated heterocycles. The first-order chi connectivity index (χ1) is 5.66. The van der Waals surface area contributed by atoms with E-state index in [-0.39, 0.29) is 5.92 Å².